The molecule has 4 rings (SSSR count). The van der Waals surface area contributed by atoms with E-state index in [-0.39, 0.29) is 6.10 Å². The summed E-state index contributed by atoms with van der Waals surface area (Å²) in [5, 5.41) is 1.80. The molecule has 2 heterocycles. The number of likely N-dealkylation sites (N-methyl/N-ethyl adjacent to an activating group) is 1. The number of benzene rings is 2. The Kier molecular flexibility index (Phi) is 7.67. The lowest BCUT2D eigenvalue weighted by Crippen LogP contribution is -2.54. The Hall–Kier alpha value is -1.86. The molecule has 7 heteroatoms. The van der Waals surface area contributed by atoms with Gasteiger partial charge in [0.25, 0.3) is 0 Å². The molecule has 0 aliphatic carbocycles. The van der Waals surface area contributed by atoms with Gasteiger partial charge < -0.3 is 19.3 Å². The molecule has 1 aromatic heterocycles. The van der Waals surface area contributed by atoms with Crippen molar-refractivity contribution in [2.45, 2.75) is 31.4 Å². The third kappa shape index (κ3) is 5.69. The van der Waals surface area contributed by atoms with E-state index in [1.54, 1.807) is 11.3 Å². The van der Waals surface area contributed by atoms with Crippen LogP contribution < -0.4 is 9.64 Å². The number of likely N-dealkylation sites (tertiary alicyclic amines) is 1. The van der Waals surface area contributed by atoms with Gasteiger partial charge in [0, 0.05) is 32.3 Å². The molecule has 2 aromatic carbocycles. The minimum Gasteiger partial charge on any atom is -0.494 e. The van der Waals surface area contributed by atoms with Crippen LogP contribution in [0.4, 0.5) is 5.13 Å². The normalized spacial score (nSPS) is 19.6. The molecule has 0 spiro atoms. The zero-order chi connectivity index (χ0) is 21.6. The molecular formula is C24H30ClN3O2S. The smallest absolute Gasteiger partial charge is 0.186 e. The number of anilines is 1. The summed E-state index contributed by atoms with van der Waals surface area (Å²) in [6.45, 7) is 3.83. The molecule has 1 aliphatic heterocycles. The first-order chi connectivity index (χ1) is 15.1. The maximum atomic E-state index is 5.91. The van der Waals surface area contributed by atoms with Crippen molar-refractivity contribution in [3.05, 3.63) is 53.6 Å². The molecule has 0 radical (unpaired) electrons. The number of methoxy groups -OCH3 is 1. The molecule has 0 bridgehead atoms. The Morgan fingerprint density at radius 1 is 1.16 bits per heavy atom. The highest BCUT2D eigenvalue weighted by molar-refractivity contribution is 7.22. The molecule has 0 N–H and O–H groups in total. The second-order valence-corrected chi connectivity index (χ2v) is 9.46. The number of aromatic nitrogens is 1. The number of ether oxygens (including phenoxy) is 2. The molecule has 1 saturated heterocycles. The highest BCUT2D eigenvalue weighted by atomic mass is 35.5. The summed E-state index contributed by atoms with van der Waals surface area (Å²) in [6, 6.07) is 16.2. The summed E-state index contributed by atoms with van der Waals surface area (Å²) >= 11 is 7.67. The predicted octanol–water partition coefficient (Wildman–Crippen LogP) is 5.33. The van der Waals surface area contributed by atoms with Gasteiger partial charge in [-0.3, -0.25) is 0 Å². The van der Waals surface area contributed by atoms with Crippen LogP contribution in [0.2, 0.25) is 5.02 Å². The molecule has 0 unspecified atom stereocenters. The van der Waals surface area contributed by atoms with Crippen molar-refractivity contribution in [1.29, 1.82) is 0 Å². The van der Waals surface area contributed by atoms with Gasteiger partial charge in [0.15, 0.2) is 5.13 Å². The summed E-state index contributed by atoms with van der Waals surface area (Å²) in [4.78, 5) is 9.66. The molecule has 1 fully saturated rings. The summed E-state index contributed by atoms with van der Waals surface area (Å²) < 4.78 is 12.9. The van der Waals surface area contributed by atoms with E-state index in [4.69, 9.17) is 26.1 Å². The first-order valence-electron chi connectivity index (χ1n) is 10.9. The van der Waals surface area contributed by atoms with Gasteiger partial charge in [-0.15, -0.1) is 0 Å². The van der Waals surface area contributed by atoms with E-state index in [1.807, 2.05) is 37.4 Å². The third-order valence-electron chi connectivity index (χ3n) is 5.94. The topological polar surface area (TPSA) is 37.8 Å². The standard InChI is InChI=1S/C24H30ClN3O2S/c1-27(24-26-20-7-3-4-8-23(20)31-24)21-13-15-28(17-22(21)29-2)14-5-6-16-30-19-11-9-18(25)10-12-19/h3-4,7-12,21-22H,5-6,13-17H2,1-2H3/t21-,22+/m1/s1. The minimum absolute atomic E-state index is 0.177. The number of hydrogen-bond acceptors (Lipinski definition) is 6. The minimum atomic E-state index is 0.177. The van der Waals surface area contributed by atoms with E-state index in [9.17, 15) is 0 Å². The predicted molar refractivity (Wildman–Crippen MR) is 130 cm³/mol. The Bertz CT molecular complexity index is 932. The highest BCUT2D eigenvalue weighted by Gasteiger charge is 2.33. The molecule has 31 heavy (non-hydrogen) atoms. The number of hydrogen-bond donors (Lipinski definition) is 0. The summed E-state index contributed by atoms with van der Waals surface area (Å²) in [6.07, 6.45) is 3.40. The number of fused-ring (bicyclic) bond motifs is 1. The van der Waals surface area contributed by atoms with Crippen molar-refractivity contribution >= 4 is 38.3 Å². The fourth-order valence-electron chi connectivity index (χ4n) is 4.16. The largest absolute Gasteiger partial charge is 0.494 e. The fraction of sp³-hybridized carbons (Fsp3) is 0.458. The fourth-order valence-corrected chi connectivity index (χ4v) is 5.27. The van der Waals surface area contributed by atoms with Crippen molar-refractivity contribution in [3.8, 4) is 5.75 Å². The third-order valence-corrected chi connectivity index (χ3v) is 7.32. The van der Waals surface area contributed by atoms with Crippen LogP contribution in [-0.4, -0.2) is 62.4 Å². The van der Waals surface area contributed by atoms with Crippen LogP contribution in [-0.2, 0) is 4.74 Å². The lowest BCUT2D eigenvalue weighted by Gasteiger charge is -2.41. The van der Waals surface area contributed by atoms with Crippen molar-refractivity contribution in [2.75, 3.05) is 45.3 Å². The molecular weight excluding hydrogens is 430 g/mol. The lowest BCUT2D eigenvalue weighted by atomic mass is 10.0. The number of piperidine rings is 1. The first kappa shape index (κ1) is 22.3. The Labute approximate surface area is 193 Å². The van der Waals surface area contributed by atoms with Gasteiger partial charge >= 0.3 is 0 Å². The maximum absolute atomic E-state index is 5.91. The van der Waals surface area contributed by atoms with E-state index in [1.165, 1.54) is 4.70 Å². The Morgan fingerprint density at radius 2 is 1.97 bits per heavy atom. The van der Waals surface area contributed by atoms with Gasteiger partial charge in [-0.2, -0.15) is 0 Å². The van der Waals surface area contributed by atoms with Crippen molar-refractivity contribution in [1.82, 2.24) is 9.88 Å². The van der Waals surface area contributed by atoms with E-state index >= 15 is 0 Å². The van der Waals surface area contributed by atoms with Gasteiger partial charge in [0.2, 0.25) is 0 Å². The monoisotopic (exact) mass is 459 g/mol. The van der Waals surface area contributed by atoms with E-state index in [2.05, 4.69) is 35.0 Å². The highest BCUT2D eigenvalue weighted by Crippen LogP contribution is 2.31. The van der Waals surface area contributed by atoms with Crippen LogP contribution in [0.5, 0.6) is 5.75 Å². The van der Waals surface area contributed by atoms with Gasteiger partial charge in [-0.1, -0.05) is 35.1 Å². The number of rotatable bonds is 9. The van der Waals surface area contributed by atoms with Gasteiger partial charge in [-0.05, 0) is 62.2 Å². The molecule has 0 amide bonds. The average molecular weight is 460 g/mol. The van der Waals surface area contributed by atoms with Crippen LogP contribution in [0.15, 0.2) is 48.5 Å². The molecule has 2 atom stereocenters. The number of nitrogens with zero attached hydrogens (tertiary/aromatic N) is 3. The van der Waals surface area contributed by atoms with Gasteiger partial charge in [0.1, 0.15) is 5.75 Å². The zero-order valence-electron chi connectivity index (χ0n) is 18.2. The number of unbranched alkanes of at least 4 members (excludes halogenated alkanes) is 1. The molecule has 5 nitrogen and oxygen atoms in total. The van der Waals surface area contributed by atoms with Crippen LogP contribution >= 0.6 is 22.9 Å². The lowest BCUT2D eigenvalue weighted by molar-refractivity contribution is 0.0148. The summed E-state index contributed by atoms with van der Waals surface area (Å²) in [5.41, 5.74) is 1.07. The quantitative estimate of drug-likeness (QED) is 0.404. The SMILES string of the molecule is CO[C@H]1CN(CCCCOc2ccc(Cl)cc2)CC[C@H]1N(C)c1nc2ccccc2s1. The van der Waals surface area contributed by atoms with Crippen LogP contribution in [0.25, 0.3) is 10.2 Å². The molecule has 3 aromatic rings. The average Bonchev–Trinajstić information content (AvgIpc) is 3.24. The van der Waals surface area contributed by atoms with Crippen molar-refractivity contribution in [3.63, 3.8) is 0 Å². The van der Waals surface area contributed by atoms with Crippen LogP contribution in [0.1, 0.15) is 19.3 Å². The van der Waals surface area contributed by atoms with Gasteiger partial charge in [0.05, 0.1) is 29.0 Å². The second kappa shape index (κ2) is 10.6. The maximum Gasteiger partial charge on any atom is 0.186 e. The second-order valence-electron chi connectivity index (χ2n) is 8.02. The van der Waals surface area contributed by atoms with E-state index in [0.29, 0.717) is 6.04 Å². The number of thiazole rings is 1. The van der Waals surface area contributed by atoms with E-state index < -0.39 is 0 Å². The van der Waals surface area contributed by atoms with Crippen molar-refractivity contribution < 1.29 is 9.47 Å². The van der Waals surface area contributed by atoms with E-state index in [0.717, 1.165) is 66.9 Å². The Balaban J connectivity index is 1.24. The molecule has 0 saturated carbocycles. The van der Waals surface area contributed by atoms with Crippen LogP contribution in [0, 0.1) is 0 Å². The zero-order valence-corrected chi connectivity index (χ0v) is 19.7. The first-order valence-corrected chi connectivity index (χ1v) is 12.1. The molecule has 166 valence electrons. The number of para-hydroxylation sites is 1. The van der Waals surface area contributed by atoms with Crippen molar-refractivity contribution in [2.24, 2.45) is 0 Å². The summed E-state index contributed by atoms with van der Waals surface area (Å²) in [7, 11) is 3.98. The summed E-state index contributed by atoms with van der Waals surface area (Å²) in [5.74, 6) is 0.877. The molecule has 1 aliphatic rings. The Morgan fingerprint density at radius 3 is 2.74 bits per heavy atom. The van der Waals surface area contributed by atoms with Gasteiger partial charge in [-0.25, -0.2) is 4.98 Å². The van der Waals surface area contributed by atoms with Crippen LogP contribution in [0.3, 0.4) is 0 Å². The number of halogens is 1.